The molecule has 1 aromatic heterocycles. The van der Waals surface area contributed by atoms with E-state index in [1.807, 2.05) is 0 Å². The molecule has 2 atom stereocenters. The minimum absolute atomic E-state index is 0.0244. The molecular formula is C16H12O7. The topological polar surface area (TPSA) is 110 Å². The maximum Gasteiger partial charge on any atom is 0.346 e. The zero-order valence-electron chi connectivity index (χ0n) is 12.0. The SMILES string of the molecule is COC(=O)[C@@]12O[C@@H]1C=Cc1oc3cc(CO)cc(O)c3c(=O)c12. The number of aliphatic hydroxyl groups excluding tert-OH is 1. The van der Waals surface area contributed by atoms with E-state index < -0.39 is 23.1 Å². The molecule has 2 aliphatic rings. The first-order valence-electron chi connectivity index (χ1n) is 6.91. The lowest BCUT2D eigenvalue weighted by atomic mass is 9.89. The van der Waals surface area contributed by atoms with E-state index in [-0.39, 0.29) is 34.6 Å². The number of aromatic hydroxyl groups is 1. The molecule has 1 fully saturated rings. The van der Waals surface area contributed by atoms with E-state index in [2.05, 4.69) is 0 Å². The summed E-state index contributed by atoms with van der Waals surface area (Å²) >= 11 is 0. The normalized spacial score (nSPS) is 24.2. The van der Waals surface area contributed by atoms with Gasteiger partial charge in [0.25, 0.3) is 0 Å². The molecule has 0 unspecified atom stereocenters. The predicted molar refractivity (Wildman–Crippen MR) is 77.7 cm³/mol. The van der Waals surface area contributed by atoms with E-state index in [1.54, 1.807) is 12.2 Å². The Morgan fingerprint density at radius 2 is 2.22 bits per heavy atom. The van der Waals surface area contributed by atoms with Gasteiger partial charge in [-0.15, -0.1) is 0 Å². The Morgan fingerprint density at radius 1 is 1.43 bits per heavy atom. The maximum atomic E-state index is 12.9. The quantitative estimate of drug-likeness (QED) is 0.622. The lowest BCUT2D eigenvalue weighted by molar-refractivity contribution is -0.147. The molecule has 1 aromatic carbocycles. The summed E-state index contributed by atoms with van der Waals surface area (Å²) in [5, 5.41) is 19.2. The number of epoxide rings is 1. The molecule has 7 heteroatoms. The number of rotatable bonds is 2. The molecule has 2 heterocycles. The van der Waals surface area contributed by atoms with Crippen LogP contribution in [0.1, 0.15) is 16.9 Å². The van der Waals surface area contributed by atoms with E-state index in [0.29, 0.717) is 5.56 Å². The van der Waals surface area contributed by atoms with E-state index in [4.69, 9.17) is 13.9 Å². The van der Waals surface area contributed by atoms with Gasteiger partial charge in [0.15, 0.2) is 0 Å². The van der Waals surface area contributed by atoms with E-state index in [0.717, 1.165) is 0 Å². The minimum atomic E-state index is -1.50. The Balaban J connectivity index is 2.08. The molecule has 118 valence electrons. The highest BCUT2D eigenvalue weighted by molar-refractivity contribution is 5.92. The first-order valence-corrected chi connectivity index (χ1v) is 6.91. The number of carbonyl (C=O) groups is 1. The molecule has 1 aliphatic carbocycles. The molecule has 0 amide bonds. The monoisotopic (exact) mass is 316 g/mol. The van der Waals surface area contributed by atoms with Crippen LogP contribution >= 0.6 is 0 Å². The summed E-state index contributed by atoms with van der Waals surface area (Å²) < 4.78 is 15.8. The standard InChI is InChI=1S/C16H12O7/c1-21-15(20)16-11(23-16)3-2-9-13(16)14(19)12-8(18)4-7(6-17)5-10(12)22-9/h2-5,11,17-18H,6H2,1H3/t11-,16-/m1/s1. The van der Waals surface area contributed by atoms with Crippen LogP contribution in [0.5, 0.6) is 5.75 Å². The van der Waals surface area contributed by atoms with Crippen LogP contribution in [0.15, 0.2) is 27.4 Å². The van der Waals surface area contributed by atoms with Gasteiger partial charge in [-0.2, -0.15) is 0 Å². The number of aliphatic hydroxyl groups is 1. The number of hydrogen-bond acceptors (Lipinski definition) is 7. The summed E-state index contributed by atoms with van der Waals surface area (Å²) in [5.41, 5.74) is -1.50. The molecule has 4 rings (SSSR count). The van der Waals surface area contributed by atoms with Crippen molar-refractivity contribution in [3.05, 3.63) is 45.3 Å². The van der Waals surface area contributed by atoms with Crippen LogP contribution in [0.3, 0.4) is 0 Å². The predicted octanol–water partition coefficient (Wildman–Crippen LogP) is 0.785. The third kappa shape index (κ3) is 1.66. The van der Waals surface area contributed by atoms with Gasteiger partial charge in [0.2, 0.25) is 11.0 Å². The number of fused-ring (bicyclic) bond motifs is 4. The molecule has 0 bridgehead atoms. The van der Waals surface area contributed by atoms with Crippen molar-refractivity contribution >= 4 is 23.0 Å². The first-order chi connectivity index (χ1) is 11.0. The average Bonchev–Trinajstić information content (AvgIpc) is 3.28. The highest BCUT2D eigenvalue weighted by atomic mass is 16.7. The third-order valence-electron chi connectivity index (χ3n) is 4.18. The van der Waals surface area contributed by atoms with Crippen molar-refractivity contribution in [2.45, 2.75) is 18.3 Å². The Morgan fingerprint density at radius 3 is 2.91 bits per heavy atom. The second kappa shape index (κ2) is 4.43. The van der Waals surface area contributed by atoms with Gasteiger partial charge in [0.1, 0.15) is 28.6 Å². The smallest absolute Gasteiger partial charge is 0.346 e. The van der Waals surface area contributed by atoms with Crippen molar-refractivity contribution in [1.82, 2.24) is 0 Å². The number of carbonyl (C=O) groups excluding carboxylic acids is 1. The van der Waals surface area contributed by atoms with E-state index in [1.165, 1.54) is 19.2 Å². The fourth-order valence-electron chi connectivity index (χ4n) is 3.07. The number of methoxy groups -OCH3 is 1. The summed E-state index contributed by atoms with van der Waals surface area (Å²) in [6.07, 6.45) is 2.59. The second-order valence-electron chi connectivity index (χ2n) is 5.44. The summed E-state index contributed by atoms with van der Waals surface area (Å²) in [6.45, 7) is -0.308. The molecule has 0 spiro atoms. The lowest BCUT2D eigenvalue weighted by Crippen LogP contribution is -2.34. The molecule has 0 saturated carbocycles. The van der Waals surface area contributed by atoms with Crippen molar-refractivity contribution in [2.24, 2.45) is 0 Å². The summed E-state index contributed by atoms with van der Waals surface area (Å²) in [4.78, 5) is 25.0. The summed E-state index contributed by atoms with van der Waals surface area (Å²) in [7, 11) is 1.21. The lowest BCUT2D eigenvalue weighted by Gasteiger charge is -2.16. The molecule has 1 aliphatic heterocycles. The first kappa shape index (κ1) is 14.0. The number of phenolic OH excluding ortho intramolecular Hbond substituents is 1. The van der Waals surface area contributed by atoms with E-state index in [9.17, 15) is 19.8 Å². The Hall–Kier alpha value is -2.64. The fraction of sp³-hybridized carbons (Fsp3) is 0.250. The zero-order chi connectivity index (χ0) is 16.4. The molecule has 0 radical (unpaired) electrons. The molecule has 7 nitrogen and oxygen atoms in total. The number of ether oxygens (including phenoxy) is 2. The zero-order valence-corrected chi connectivity index (χ0v) is 12.0. The van der Waals surface area contributed by atoms with E-state index >= 15 is 0 Å². The van der Waals surface area contributed by atoms with Crippen molar-refractivity contribution in [2.75, 3.05) is 7.11 Å². The van der Waals surface area contributed by atoms with Crippen molar-refractivity contribution in [3.8, 4) is 5.75 Å². The van der Waals surface area contributed by atoms with Crippen LogP contribution in [0.2, 0.25) is 0 Å². The number of hydrogen-bond donors (Lipinski definition) is 2. The van der Waals surface area contributed by atoms with Crippen molar-refractivity contribution in [3.63, 3.8) is 0 Å². The van der Waals surface area contributed by atoms with Gasteiger partial charge in [-0.3, -0.25) is 4.79 Å². The maximum absolute atomic E-state index is 12.9. The van der Waals surface area contributed by atoms with Gasteiger partial charge in [0.05, 0.1) is 19.3 Å². The highest BCUT2D eigenvalue weighted by Gasteiger charge is 2.68. The Kier molecular flexibility index (Phi) is 2.70. The Bertz CT molecular complexity index is 940. The van der Waals surface area contributed by atoms with Crippen LogP contribution in [0, 0.1) is 0 Å². The molecule has 23 heavy (non-hydrogen) atoms. The van der Waals surface area contributed by atoms with Gasteiger partial charge < -0.3 is 24.1 Å². The largest absolute Gasteiger partial charge is 0.507 e. The highest BCUT2D eigenvalue weighted by Crippen LogP contribution is 2.51. The number of benzene rings is 1. The van der Waals surface area contributed by atoms with Gasteiger partial charge >= 0.3 is 5.97 Å². The number of phenols is 1. The van der Waals surface area contributed by atoms with Crippen molar-refractivity contribution in [1.29, 1.82) is 0 Å². The van der Waals surface area contributed by atoms with Crippen LogP contribution < -0.4 is 5.43 Å². The molecule has 1 saturated heterocycles. The van der Waals surface area contributed by atoms with Gasteiger partial charge in [-0.05, 0) is 29.8 Å². The molecule has 2 N–H and O–H groups in total. The Labute approximate surface area is 129 Å². The average molecular weight is 316 g/mol. The van der Waals surface area contributed by atoms with Crippen molar-refractivity contribution < 1.29 is 28.9 Å². The summed E-state index contributed by atoms with van der Waals surface area (Å²) in [5.74, 6) is -0.836. The number of esters is 1. The summed E-state index contributed by atoms with van der Waals surface area (Å²) in [6, 6.07) is 2.75. The minimum Gasteiger partial charge on any atom is -0.507 e. The van der Waals surface area contributed by atoms with Gasteiger partial charge in [-0.25, -0.2) is 4.79 Å². The van der Waals surface area contributed by atoms with Crippen LogP contribution in [-0.4, -0.2) is 29.4 Å². The van der Waals surface area contributed by atoms with Crippen LogP contribution in [0.25, 0.3) is 17.0 Å². The van der Waals surface area contributed by atoms with Crippen LogP contribution in [-0.2, 0) is 26.5 Å². The molecule has 2 aromatic rings. The van der Waals surface area contributed by atoms with Gasteiger partial charge in [-0.1, -0.05) is 0 Å². The second-order valence-corrected chi connectivity index (χ2v) is 5.44. The molecular weight excluding hydrogens is 304 g/mol. The van der Waals surface area contributed by atoms with Crippen LogP contribution in [0.4, 0.5) is 0 Å². The third-order valence-corrected chi connectivity index (χ3v) is 4.18. The fourth-order valence-corrected chi connectivity index (χ4v) is 3.07. The van der Waals surface area contributed by atoms with Gasteiger partial charge in [0, 0.05) is 0 Å².